The van der Waals surface area contributed by atoms with E-state index in [9.17, 15) is 14.9 Å². The lowest BCUT2D eigenvalue weighted by molar-refractivity contribution is -0.384. The number of unbranched alkanes of at least 4 members (excludes halogenated alkanes) is 10. The molecule has 206 valence electrons. The standard InChI is InChI=1S/C30H46N2O5/c1-5-9-11-13-15-17-21-31-27-23-24(32(34)35)19-20-26(27)28(37-25(7-3)8-4)29(30(31)33)36-22-18-16-14-12-10-6-2/h7,19-20,23H,5-6,8-18,21-22H2,1-4H3. The zero-order chi connectivity index (χ0) is 27.0. The molecule has 0 atom stereocenters. The fourth-order valence-electron chi connectivity index (χ4n) is 4.52. The molecule has 1 heterocycles. The van der Waals surface area contributed by atoms with E-state index in [1.807, 2.05) is 19.9 Å². The molecule has 0 fully saturated rings. The van der Waals surface area contributed by atoms with Crippen LogP contribution >= 0.6 is 0 Å². The second kappa shape index (κ2) is 16.8. The number of benzene rings is 1. The van der Waals surface area contributed by atoms with Gasteiger partial charge in [0.25, 0.3) is 11.2 Å². The summed E-state index contributed by atoms with van der Waals surface area (Å²) in [5.74, 6) is 1.28. The minimum Gasteiger partial charge on any atom is -0.485 e. The molecule has 0 radical (unpaired) electrons. The molecule has 0 N–H and O–H groups in total. The van der Waals surface area contributed by atoms with Crippen LogP contribution in [-0.2, 0) is 6.54 Å². The third-order valence-electron chi connectivity index (χ3n) is 6.76. The Hall–Kier alpha value is -2.83. The third-order valence-corrected chi connectivity index (χ3v) is 6.76. The van der Waals surface area contributed by atoms with E-state index in [1.165, 1.54) is 50.7 Å². The maximum atomic E-state index is 13.8. The molecule has 1 aromatic heterocycles. The van der Waals surface area contributed by atoms with E-state index in [0.717, 1.165) is 44.3 Å². The number of pyridine rings is 1. The third kappa shape index (κ3) is 9.20. The molecule has 0 aliphatic carbocycles. The summed E-state index contributed by atoms with van der Waals surface area (Å²) in [5.41, 5.74) is 0.187. The van der Waals surface area contributed by atoms with E-state index in [-0.39, 0.29) is 17.0 Å². The first-order valence-electron chi connectivity index (χ1n) is 14.3. The molecule has 0 amide bonds. The molecule has 7 heteroatoms. The topological polar surface area (TPSA) is 83.6 Å². The Bertz CT molecular complexity index is 1070. The van der Waals surface area contributed by atoms with E-state index in [4.69, 9.17) is 9.47 Å². The average molecular weight is 515 g/mol. The van der Waals surface area contributed by atoms with E-state index in [0.29, 0.717) is 36.2 Å². The lowest BCUT2D eigenvalue weighted by Crippen LogP contribution is -2.24. The molecule has 0 unspecified atom stereocenters. The van der Waals surface area contributed by atoms with Crippen molar-refractivity contribution in [2.75, 3.05) is 6.61 Å². The van der Waals surface area contributed by atoms with E-state index in [2.05, 4.69) is 13.8 Å². The molecular weight excluding hydrogens is 468 g/mol. The molecule has 1 aromatic carbocycles. The fraction of sp³-hybridized carbons (Fsp3) is 0.633. The predicted octanol–water partition coefficient (Wildman–Crippen LogP) is 8.70. The second-order valence-corrected chi connectivity index (χ2v) is 9.67. The molecule has 2 rings (SSSR count). The normalized spacial score (nSPS) is 11.7. The number of hydrogen-bond donors (Lipinski definition) is 0. The molecule has 0 bridgehead atoms. The lowest BCUT2D eigenvalue weighted by atomic mass is 10.1. The first-order chi connectivity index (χ1) is 18.0. The number of nitro benzene ring substituents is 1. The summed E-state index contributed by atoms with van der Waals surface area (Å²) in [4.78, 5) is 24.9. The number of hydrogen-bond acceptors (Lipinski definition) is 5. The molecule has 0 aliphatic rings. The van der Waals surface area contributed by atoms with Gasteiger partial charge in [0, 0.05) is 30.5 Å². The van der Waals surface area contributed by atoms with E-state index >= 15 is 0 Å². The minimum atomic E-state index is -0.425. The Morgan fingerprint density at radius 1 is 0.919 bits per heavy atom. The number of ether oxygens (including phenoxy) is 2. The van der Waals surface area contributed by atoms with Crippen molar-refractivity contribution in [2.45, 2.75) is 118 Å². The molecule has 0 aliphatic heterocycles. The molecule has 37 heavy (non-hydrogen) atoms. The van der Waals surface area contributed by atoms with Gasteiger partial charge < -0.3 is 14.0 Å². The fourth-order valence-corrected chi connectivity index (χ4v) is 4.52. The Labute approximate surface area is 222 Å². The van der Waals surface area contributed by atoms with Crippen molar-refractivity contribution >= 4 is 16.6 Å². The van der Waals surface area contributed by atoms with Crippen molar-refractivity contribution in [1.29, 1.82) is 0 Å². The zero-order valence-electron chi connectivity index (χ0n) is 23.4. The van der Waals surface area contributed by atoms with Gasteiger partial charge in [-0.05, 0) is 31.9 Å². The quantitative estimate of drug-likeness (QED) is 0.0810. The van der Waals surface area contributed by atoms with Crippen LogP contribution in [0.2, 0.25) is 0 Å². The van der Waals surface area contributed by atoms with Crippen LogP contribution in [0.25, 0.3) is 10.9 Å². The highest BCUT2D eigenvalue weighted by molar-refractivity contribution is 5.89. The first kappa shape index (κ1) is 30.4. The number of allylic oxidation sites excluding steroid dienone is 2. The Morgan fingerprint density at radius 2 is 1.54 bits per heavy atom. The maximum Gasteiger partial charge on any atom is 0.297 e. The lowest BCUT2D eigenvalue weighted by Gasteiger charge is -2.19. The van der Waals surface area contributed by atoms with E-state index < -0.39 is 4.92 Å². The SMILES string of the molecule is CC=C(CC)Oc1c(OCCCCCCCC)c(=O)n(CCCCCCCC)c2cc([N+](=O)[O-])ccc12. The highest BCUT2D eigenvalue weighted by Gasteiger charge is 2.22. The average Bonchev–Trinajstić information content (AvgIpc) is 2.90. The van der Waals surface area contributed by atoms with Crippen LogP contribution < -0.4 is 15.0 Å². The van der Waals surface area contributed by atoms with Gasteiger partial charge in [0.2, 0.25) is 5.75 Å². The monoisotopic (exact) mass is 514 g/mol. The van der Waals surface area contributed by atoms with Gasteiger partial charge in [0.15, 0.2) is 5.75 Å². The van der Waals surface area contributed by atoms with Gasteiger partial charge in [-0.3, -0.25) is 14.9 Å². The molecule has 0 spiro atoms. The van der Waals surface area contributed by atoms with Gasteiger partial charge >= 0.3 is 0 Å². The van der Waals surface area contributed by atoms with Crippen LogP contribution in [0.15, 0.2) is 34.8 Å². The number of rotatable bonds is 19. The Balaban J connectivity index is 2.45. The van der Waals surface area contributed by atoms with Crippen molar-refractivity contribution < 1.29 is 14.4 Å². The highest BCUT2D eigenvalue weighted by atomic mass is 16.6. The molecule has 0 saturated heterocycles. The summed E-state index contributed by atoms with van der Waals surface area (Å²) in [5, 5.41) is 12.2. The summed E-state index contributed by atoms with van der Waals surface area (Å²) in [6, 6.07) is 4.63. The summed E-state index contributed by atoms with van der Waals surface area (Å²) < 4.78 is 14.0. The number of nitrogens with zero attached hydrogens (tertiary/aromatic N) is 2. The Morgan fingerprint density at radius 3 is 2.14 bits per heavy atom. The van der Waals surface area contributed by atoms with Crippen molar-refractivity contribution in [3.05, 3.63) is 50.5 Å². The smallest absolute Gasteiger partial charge is 0.297 e. The van der Waals surface area contributed by atoms with Crippen LogP contribution in [0.3, 0.4) is 0 Å². The maximum absolute atomic E-state index is 13.8. The number of non-ortho nitro benzene ring substituents is 1. The summed E-state index contributed by atoms with van der Waals surface area (Å²) in [6.07, 6.45) is 15.8. The molecular formula is C30H46N2O5. The summed E-state index contributed by atoms with van der Waals surface area (Å²) in [7, 11) is 0. The van der Waals surface area contributed by atoms with Crippen molar-refractivity contribution in [3.63, 3.8) is 0 Å². The van der Waals surface area contributed by atoms with Crippen LogP contribution in [0.4, 0.5) is 5.69 Å². The van der Waals surface area contributed by atoms with Crippen LogP contribution in [-0.4, -0.2) is 16.1 Å². The number of aryl methyl sites for hydroxylation is 1. The first-order valence-corrected chi connectivity index (χ1v) is 14.3. The van der Waals surface area contributed by atoms with Crippen LogP contribution in [0, 0.1) is 10.1 Å². The summed E-state index contributed by atoms with van der Waals surface area (Å²) in [6.45, 7) is 9.18. The summed E-state index contributed by atoms with van der Waals surface area (Å²) >= 11 is 0. The molecule has 7 nitrogen and oxygen atoms in total. The molecule has 0 saturated carbocycles. The minimum absolute atomic E-state index is 0.0444. The zero-order valence-corrected chi connectivity index (χ0v) is 23.4. The van der Waals surface area contributed by atoms with Gasteiger partial charge in [0.05, 0.1) is 22.8 Å². The second-order valence-electron chi connectivity index (χ2n) is 9.67. The van der Waals surface area contributed by atoms with Crippen molar-refractivity contribution in [3.8, 4) is 11.5 Å². The van der Waals surface area contributed by atoms with Crippen LogP contribution in [0.5, 0.6) is 11.5 Å². The van der Waals surface area contributed by atoms with Gasteiger partial charge in [0.1, 0.15) is 0 Å². The van der Waals surface area contributed by atoms with Crippen molar-refractivity contribution in [2.24, 2.45) is 0 Å². The molecule has 2 aromatic rings. The number of aromatic nitrogens is 1. The van der Waals surface area contributed by atoms with Gasteiger partial charge in [-0.15, -0.1) is 0 Å². The largest absolute Gasteiger partial charge is 0.485 e. The number of nitro groups is 1. The Kier molecular flexibility index (Phi) is 13.8. The van der Waals surface area contributed by atoms with Crippen LogP contribution in [0.1, 0.15) is 111 Å². The van der Waals surface area contributed by atoms with Gasteiger partial charge in [-0.25, -0.2) is 0 Å². The van der Waals surface area contributed by atoms with Gasteiger partial charge in [-0.1, -0.05) is 85.0 Å². The number of fused-ring (bicyclic) bond motifs is 1. The predicted molar refractivity (Wildman–Crippen MR) is 152 cm³/mol. The van der Waals surface area contributed by atoms with E-state index in [1.54, 1.807) is 10.6 Å². The highest BCUT2D eigenvalue weighted by Crippen LogP contribution is 2.36. The van der Waals surface area contributed by atoms with Crippen molar-refractivity contribution in [1.82, 2.24) is 4.57 Å². The van der Waals surface area contributed by atoms with Gasteiger partial charge in [-0.2, -0.15) is 0 Å².